The monoisotopic (exact) mass is 344 g/mol. The highest BCUT2D eigenvalue weighted by Gasteiger charge is 2.23. The van der Waals surface area contributed by atoms with Gasteiger partial charge >= 0.3 is 0 Å². The molecule has 0 fully saturated rings. The summed E-state index contributed by atoms with van der Waals surface area (Å²) in [6.07, 6.45) is 5.77. The lowest BCUT2D eigenvalue weighted by atomic mass is 10.2. The van der Waals surface area contributed by atoms with E-state index in [2.05, 4.69) is 9.97 Å². The largest absolute Gasteiger partial charge is 0.334 e. The van der Waals surface area contributed by atoms with E-state index >= 15 is 0 Å². The van der Waals surface area contributed by atoms with Crippen molar-refractivity contribution in [2.45, 2.75) is 18.2 Å². The van der Waals surface area contributed by atoms with E-state index in [4.69, 9.17) is 0 Å². The summed E-state index contributed by atoms with van der Waals surface area (Å²) in [5, 5.41) is 0. The van der Waals surface area contributed by atoms with E-state index in [1.54, 1.807) is 36.9 Å². The molecule has 3 aromatic rings. The molecule has 1 aromatic carbocycles. The molecule has 0 aliphatic rings. The highest BCUT2D eigenvalue weighted by molar-refractivity contribution is 7.89. The van der Waals surface area contributed by atoms with Crippen LogP contribution in [0, 0.1) is 0 Å². The number of aryl methyl sites for hydroxylation is 1. The number of pyridine rings is 1. The molecule has 0 aliphatic heterocycles. The summed E-state index contributed by atoms with van der Waals surface area (Å²) in [6.45, 7) is 2.71. The number of aromatic nitrogens is 3. The van der Waals surface area contributed by atoms with Crippen LogP contribution in [-0.4, -0.2) is 40.3 Å². The molecule has 24 heavy (non-hydrogen) atoms. The molecule has 0 atom stereocenters. The van der Waals surface area contributed by atoms with Crippen LogP contribution in [0.15, 0.2) is 53.9 Å². The fraction of sp³-hybridized carbons (Fsp3) is 0.294. The van der Waals surface area contributed by atoms with Gasteiger partial charge in [0.25, 0.3) is 0 Å². The summed E-state index contributed by atoms with van der Waals surface area (Å²) in [5.74, 6) is 0. The van der Waals surface area contributed by atoms with E-state index < -0.39 is 10.0 Å². The Hall–Kier alpha value is -2.25. The third-order valence-corrected chi connectivity index (χ3v) is 6.06. The van der Waals surface area contributed by atoms with E-state index in [-0.39, 0.29) is 4.90 Å². The molecular weight excluding hydrogens is 324 g/mol. The predicted octanol–water partition coefficient (Wildman–Crippen LogP) is 2.22. The van der Waals surface area contributed by atoms with Crippen molar-refractivity contribution in [3.05, 3.63) is 54.6 Å². The second kappa shape index (κ2) is 6.70. The Kier molecular flexibility index (Phi) is 4.64. The molecule has 0 radical (unpaired) electrons. The second-order valence-corrected chi connectivity index (χ2v) is 7.55. The third-order valence-electron chi connectivity index (χ3n) is 4.09. The molecular formula is C17H20N4O2S. The Morgan fingerprint density at radius 1 is 1.17 bits per heavy atom. The van der Waals surface area contributed by atoms with Crippen molar-refractivity contribution in [3.8, 4) is 0 Å². The van der Waals surface area contributed by atoms with Crippen LogP contribution in [0.1, 0.15) is 12.5 Å². The topological polar surface area (TPSA) is 68.1 Å². The van der Waals surface area contributed by atoms with Crippen molar-refractivity contribution < 1.29 is 8.42 Å². The highest BCUT2D eigenvalue weighted by atomic mass is 32.2. The lowest BCUT2D eigenvalue weighted by Gasteiger charge is -2.20. The number of fused-ring (bicyclic) bond motifs is 1. The summed E-state index contributed by atoms with van der Waals surface area (Å²) in [7, 11) is -1.65. The van der Waals surface area contributed by atoms with E-state index in [1.165, 1.54) is 4.31 Å². The van der Waals surface area contributed by atoms with Crippen molar-refractivity contribution in [1.29, 1.82) is 0 Å². The zero-order valence-corrected chi connectivity index (χ0v) is 14.6. The molecule has 0 saturated carbocycles. The molecule has 0 bridgehead atoms. The van der Waals surface area contributed by atoms with Gasteiger partial charge in [0.05, 0.1) is 22.3 Å². The molecule has 0 aliphatic carbocycles. The van der Waals surface area contributed by atoms with Gasteiger partial charge in [0, 0.05) is 32.5 Å². The standard InChI is InChI=1S/C17H20N4O2S/c1-3-21(11-8-14-6-9-18-10-7-14)24(22,23)15-4-5-17-16(12-15)19-13-20(17)2/h4-7,9-10,12-13H,3,8,11H2,1-2H3. The maximum absolute atomic E-state index is 12.9. The number of imidazole rings is 1. The van der Waals surface area contributed by atoms with Crippen LogP contribution in [0.3, 0.4) is 0 Å². The number of sulfonamides is 1. The molecule has 6 nitrogen and oxygen atoms in total. The summed E-state index contributed by atoms with van der Waals surface area (Å²) in [4.78, 5) is 8.51. The van der Waals surface area contributed by atoms with Crippen LogP contribution in [0.5, 0.6) is 0 Å². The molecule has 3 rings (SSSR count). The molecule has 0 saturated heterocycles. The zero-order chi connectivity index (χ0) is 17.2. The maximum atomic E-state index is 12.9. The van der Waals surface area contributed by atoms with E-state index in [0.717, 1.165) is 11.1 Å². The quantitative estimate of drug-likeness (QED) is 0.688. The second-order valence-electron chi connectivity index (χ2n) is 5.61. The van der Waals surface area contributed by atoms with Crippen molar-refractivity contribution in [2.75, 3.05) is 13.1 Å². The van der Waals surface area contributed by atoms with Gasteiger partial charge in [-0.1, -0.05) is 6.92 Å². The molecule has 126 valence electrons. The summed E-state index contributed by atoms with van der Waals surface area (Å²) >= 11 is 0. The van der Waals surface area contributed by atoms with Crippen LogP contribution < -0.4 is 0 Å². The van der Waals surface area contributed by atoms with Crippen LogP contribution in [0.2, 0.25) is 0 Å². The first-order valence-corrected chi connectivity index (χ1v) is 9.26. The van der Waals surface area contributed by atoms with Crippen molar-refractivity contribution in [3.63, 3.8) is 0 Å². The first kappa shape index (κ1) is 16.6. The lowest BCUT2D eigenvalue weighted by Crippen LogP contribution is -2.32. The highest BCUT2D eigenvalue weighted by Crippen LogP contribution is 2.21. The first-order valence-electron chi connectivity index (χ1n) is 7.82. The van der Waals surface area contributed by atoms with Gasteiger partial charge in [-0.25, -0.2) is 13.4 Å². The van der Waals surface area contributed by atoms with Gasteiger partial charge in [0.2, 0.25) is 10.0 Å². The summed E-state index contributed by atoms with van der Waals surface area (Å²) in [5.41, 5.74) is 2.66. The van der Waals surface area contributed by atoms with Gasteiger partial charge in [-0.15, -0.1) is 0 Å². The molecule has 0 N–H and O–H groups in total. The molecule has 7 heteroatoms. The fourth-order valence-corrected chi connectivity index (χ4v) is 4.15. The summed E-state index contributed by atoms with van der Waals surface area (Å²) < 4.78 is 29.2. The number of rotatable bonds is 6. The average molecular weight is 344 g/mol. The number of hydrogen-bond donors (Lipinski definition) is 0. The van der Waals surface area contributed by atoms with Crippen LogP contribution in [0.25, 0.3) is 11.0 Å². The van der Waals surface area contributed by atoms with Gasteiger partial charge < -0.3 is 4.57 Å². The Bertz CT molecular complexity index is 936. The number of hydrogen-bond acceptors (Lipinski definition) is 4. The van der Waals surface area contributed by atoms with Crippen LogP contribution in [0.4, 0.5) is 0 Å². The minimum Gasteiger partial charge on any atom is -0.334 e. The van der Waals surface area contributed by atoms with Crippen molar-refractivity contribution in [1.82, 2.24) is 18.8 Å². The van der Waals surface area contributed by atoms with Gasteiger partial charge in [0.15, 0.2) is 0 Å². The van der Waals surface area contributed by atoms with Crippen molar-refractivity contribution in [2.24, 2.45) is 7.05 Å². The zero-order valence-electron chi connectivity index (χ0n) is 13.8. The third kappa shape index (κ3) is 3.18. The predicted molar refractivity (Wildman–Crippen MR) is 93.1 cm³/mol. The van der Waals surface area contributed by atoms with Gasteiger partial charge in [-0.3, -0.25) is 4.98 Å². The van der Waals surface area contributed by atoms with E-state index in [9.17, 15) is 8.42 Å². The Morgan fingerprint density at radius 3 is 2.62 bits per heavy atom. The average Bonchev–Trinajstić information content (AvgIpc) is 2.97. The Morgan fingerprint density at radius 2 is 1.92 bits per heavy atom. The Labute approximate surface area is 141 Å². The summed E-state index contributed by atoms with van der Waals surface area (Å²) in [6, 6.07) is 8.89. The first-order chi connectivity index (χ1) is 11.5. The normalized spacial score (nSPS) is 12.1. The molecule has 0 amide bonds. The van der Waals surface area contributed by atoms with E-state index in [1.807, 2.05) is 30.7 Å². The maximum Gasteiger partial charge on any atom is 0.243 e. The van der Waals surface area contributed by atoms with Crippen LogP contribution >= 0.6 is 0 Å². The Balaban J connectivity index is 1.85. The lowest BCUT2D eigenvalue weighted by molar-refractivity contribution is 0.431. The fourth-order valence-electron chi connectivity index (χ4n) is 2.68. The number of benzene rings is 1. The SMILES string of the molecule is CCN(CCc1ccncc1)S(=O)(=O)c1ccc2c(c1)ncn2C. The molecule has 0 unspecified atom stereocenters. The van der Waals surface area contributed by atoms with Crippen molar-refractivity contribution >= 4 is 21.1 Å². The minimum absolute atomic E-state index is 0.283. The van der Waals surface area contributed by atoms with Gasteiger partial charge in [-0.05, 0) is 42.3 Å². The van der Waals surface area contributed by atoms with Gasteiger partial charge in [-0.2, -0.15) is 4.31 Å². The minimum atomic E-state index is -3.54. The molecule has 2 heterocycles. The van der Waals surface area contributed by atoms with Crippen LogP contribution in [-0.2, 0) is 23.5 Å². The van der Waals surface area contributed by atoms with Gasteiger partial charge in [0.1, 0.15) is 0 Å². The smallest absolute Gasteiger partial charge is 0.243 e. The number of nitrogens with zero attached hydrogens (tertiary/aromatic N) is 4. The number of likely N-dealkylation sites (N-methyl/N-ethyl adjacent to an activating group) is 1. The molecule has 0 spiro atoms. The molecule has 2 aromatic heterocycles. The van der Waals surface area contributed by atoms with E-state index in [0.29, 0.717) is 25.0 Å².